The van der Waals surface area contributed by atoms with E-state index in [2.05, 4.69) is 230 Å². The van der Waals surface area contributed by atoms with Crippen molar-refractivity contribution in [3.63, 3.8) is 0 Å². The van der Waals surface area contributed by atoms with E-state index in [-0.39, 0.29) is 17.4 Å². The zero-order valence-corrected chi connectivity index (χ0v) is 32.6. The first kappa shape index (κ1) is 34.2. The molecule has 3 aliphatic carbocycles. The van der Waals surface area contributed by atoms with Crippen LogP contribution >= 0.6 is 0 Å². The van der Waals surface area contributed by atoms with Gasteiger partial charge in [0.05, 0.1) is 11.6 Å². The van der Waals surface area contributed by atoms with Crippen LogP contribution in [0.2, 0.25) is 0 Å². The molecule has 0 bridgehead atoms. The average Bonchev–Trinajstić information content (AvgIpc) is 3.51. The molecule has 0 saturated carbocycles. The van der Waals surface area contributed by atoms with Crippen molar-refractivity contribution >= 4 is 34.0 Å². The summed E-state index contributed by atoms with van der Waals surface area (Å²) >= 11 is 0. The predicted octanol–water partition coefficient (Wildman–Crippen LogP) is 14.1. The normalized spacial score (nSPS) is 17.7. The Kier molecular flexibility index (Phi) is 7.97. The number of para-hydroxylation sites is 2. The van der Waals surface area contributed by atoms with Crippen molar-refractivity contribution in [3.05, 3.63) is 234 Å². The molecule has 0 saturated heterocycles. The van der Waals surface area contributed by atoms with Gasteiger partial charge in [-0.3, -0.25) is 0 Å². The molecule has 0 amide bonds. The molecule has 7 aromatic carbocycles. The van der Waals surface area contributed by atoms with Crippen molar-refractivity contribution in [2.45, 2.75) is 25.4 Å². The molecule has 278 valence electrons. The molecule has 0 spiro atoms. The van der Waals surface area contributed by atoms with Crippen LogP contribution in [0, 0.1) is 5.92 Å². The number of benzene rings is 7. The fourth-order valence-corrected chi connectivity index (χ4v) is 9.65. The van der Waals surface area contributed by atoms with Gasteiger partial charge in [-0.15, -0.1) is 0 Å². The summed E-state index contributed by atoms with van der Waals surface area (Å²) in [6.45, 7) is 4.70. The first-order valence-corrected chi connectivity index (χ1v) is 20.2. The quantitative estimate of drug-likeness (QED) is 0.162. The van der Waals surface area contributed by atoms with Crippen LogP contribution in [-0.2, 0) is 5.41 Å². The smallest absolute Gasteiger partial charge is 0.130 e. The Balaban J connectivity index is 1.04. The molecule has 0 N–H and O–H groups in total. The maximum absolute atomic E-state index is 7.09. The maximum atomic E-state index is 7.09. The lowest BCUT2D eigenvalue weighted by Gasteiger charge is -2.41. The van der Waals surface area contributed by atoms with Crippen LogP contribution < -0.4 is 14.5 Å². The first-order chi connectivity index (χ1) is 28.5. The average molecular weight is 747 g/mol. The van der Waals surface area contributed by atoms with Gasteiger partial charge in [-0.2, -0.15) is 0 Å². The van der Waals surface area contributed by atoms with E-state index in [0.717, 1.165) is 39.8 Å². The van der Waals surface area contributed by atoms with Gasteiger partial charge >= 0.3 is 0 Å². The van der Waals surface area contributed by atoms with Crippen LogP contribution in [-0.4, -0.2) is 6.10 Å². The monoisotopic (exact) mass is 746 g/mol. The van der Waals surface area contributed by atoms with Crippen molar-refractivity contribution in [1.82, 2.24) is 0 Å². The molecule has 3 heteroatoms. The highest BCUT2D eigenvalue weighted by Gasteiger charge is 2.41. The lowest BCUT2D eigenvalue weighted by molar-refractivity contribution is 0.209. The molecule has 1 heterocycles. The van der Waals surface area contributed by atoms with E-state index < -0.39 is 0 Å². The first-order valence-electron chi connectivity index (χ1n) is 20.2. The summed E-state index contributed by atoms with van der Waals surface area (Å²) in [6, 6.07) is 63.2. The van der Waals surface area contributed by atoms with Crippen molar-refractivity contribution in [3.8, 4) is 28.0 Å². The Hall–Kier alpha value is -7.10. The maximum Gasteiger partial charge on any atom is 0.130 e. The minimum atomic E-state index is -0.185. The summed E-state index contributed by atoms with van der Waals surface area (Å²) in [6.07, 6.45) is 11.3. The molecule has 2 atom stereocenters. The number of allylic oxidation sites excluding steroid dienone is 4. The minimum absolute atomic E-state index is 0.0712. The Labute approximate surface area is 340 Å². The molecule has 4 aliphatic rings. The number of fused-ring (bicyclic) bond motifs is 5. The minimum Gasteiger partial charge on any atom is -0.485 e. The molecular weight excluding hydrogens is 705 g/mol. The van der Waals surface area contributed by atoms with Gasteiger partial charge in [-0.05, 0) is 112 Å². The molecule has 11 rings (SSSR count). The molecule has 0 radical (unpaired) electrons. The molecule has 2 unspecified atom stereocenters. The summed E-state index contributed by atoms with van der Waals surface area (Å²) in [5.41, 5.74) is 18.0. The van der Waals surface area contributed by atoms with Gasteiger partial charge in [0, 0.05) is 45.0 Å². The highest BCUT2D eigenvalue weighted by molar-refractivity contribution is 5.94. The second-order valence-electron chi connectivity index (χ2n) is 16.1. The standard InChI is InChI=1S/C55H42N2O/c1-55(2)48-25-13-12-23-46(48)54-49(55)26-15-27-50(54)57(42-30-28-38(29-31-42)37-16-6-3-7-17-37)44-34-39-18-14-24-45-47-35-43(32-33-51(47)58-52(36-44)53(39)45)56(40-19-8-4-9-20-40)41-21-10-5-11-22-41/h3-36,52-53H,1-2H3. The SMILES string of the molecule is CC1(C)c2ccccc2-c2c(N(C3=CC4Oc5ccc(N(c6ccccc6)c6ccccc6)cc5C5=CC=CC(=C3)C54)c3ccc(-c4ccccc4)cc3)cccc21. The third-order valence-corrected chi connectivity index (χ3v) is 12.4. The summed E-state index contributed by atoms with van der Waals surface area (Å²) in [5, 5.41) is 0. The van der Waals surface area contributed by atoms with Crippen LogP contribution in [0.1, 0.15) is 30.5 Å². The fourth-order valence-electron chi connectivity index (χ4n) is 9.65. The molecule has 0 aromatic heterocycles. The number of nitrogens with zero attached hydrogens (tertiary/aromatic N) is 2. The Bertz CT molecular complexity index is 2790. The van der Waals surface area contributed by atoms with Gasteiger partial charge in [0.15, 0.2) is 0 Å². The summed E-state index contributed by atoms with van der Waals surface area (Å²) < 4.78 is 7.09. The van der Waals surface area contributed by atoms with E-state index in [1.807, 2.05) is 0 Å². The number of ether oxygens (including phenoxy) is 1. The van der Waals surface area contributed by atoms with Crippen molar-refractivity contribution in [2.75, 3.05) is 9.80 Å². The number of anilines is 5. The van der Waals surface area contributed by atoms with Gasteiger partial charge in [0.2, 0.25) is 0 Å². The van der Waals surface area contributed by atoms with Gasteiger partial charge in [-0.1, -0.05) is 147 Å². The van der Waals surface area contributed by atoms with E-state index in [0.29, 0.717) is 0 Å². The number of hydrogen-bond donors (Lipinski definition) is 0. The van der Waals surface area contributed by atoms with Crippen LogP contribution in [0.3, 0.4) is 0 Å². The highest BCUT2D eigenvalue weighted by atomic mass is 16.5. The Morgan fingerprint density at radius 2 is 1.16 bits per heavy atom. The van der Waals surface area contributed by atoms with E-state index in [4.69, 9.17) is 4.74 Å². The van der Waals surface area contributed by atoms with Gasteiger partial charge < -0.3 is 14.5 Å². The Morgan fingerprint density at radius 1 is 0.534 bits per heavy atom. The fraction of sp³-hybridized carbons (Fsp3) is 0.0909. The second kappa shape index (κ2) is 13.5. The van der Waals surface area contributed by atoms with Gasteiger partial charge in [-0.25, -0.2) is 0 Å². The van der Waals surface area contributed by atoms with Crippen molar-refractivity contribution in [1.29, 1.82) is 0 Å². The number of rotatable bonds is 7. The lowest BCUT2D eigenvalue weighted by Crippen LogP contribution is -2.36. The van der Waals surface area contributed by atoms with E-state index in [1.54, 1.807) is 0 Å². The second-order valence-corrected chi connectivity index (χ2v) is 16.1. The largest absolute Gasteiger partial charge is 0.485 e. The lowest BCUT2D eigenvalue weighted by atomic mass is 9.74. The van der Waals surface area contributed by atoms with E-state index in [9.17, 15) is 0 Å². The van der Waals surface area contributed by atoms with Crippen LogP contribution in [0.15, 0.2) is 218 Å². The van der Waals surface area contributed by atoms with E-state index >= 15 is 0 Å². The van der Waals surface area contributed by atoms with Crippen LogP contribution in [0.25, 0.3) is 27.8 Å². The molecular formula is C55H42N2O. The zero-order valence-electron chi connectivity index (χ0n) is 32.6. The van der Waals surface area contributed by atoms with E-state index in [1.165, 1.54) is 50.2 Å². The van der Waals surface area contributed by atoms with Crippen LogP contribution in [0.5, 0.6) is 5.75 Å². The van der Waals surface area contributed by atoms with Crippen LogP contribution in [0.4, 0.5) is 28.4 Å². The van der Waals surface area contributed by atoms with Gasteiger partial charge in [0.1, 0.15) is 11.9 Å². The van der Waals surface area contributed by atoms with Crippen molar-refractivity contribution < 1.29 is 4.74 Å². The zero-order chi connectivity index (χ0) is 38.8. The summed E-state index contributed by atoms with van der Waals surface area (Å²) in [4.78, 5) is 4.78. The molecule has 7 aromatic rings. The third kappa shape index (κ3) is 5.49. The topological polar surface area (TPSA) is 15.7 Å². The molecule has 1 aliphatic heterocycles. The molecule has 58 heavy (non-hydrogen) atoms. The molecule has 3 nitrogen and oxygen atoms in total. The number of hydrogen-bond acceptors (Lipinski definition) is 3. The highest BCUT2D eigenvalue weighted by Crippen LogP contribution is 2.55. The summed E-state index contributed by atoms with van der Waals surface area (Å²) in [7, 11) is 0. The molecule has 0 fully saturated rings. The Morgan fingerprint density at radius 3 is 1.90 bits per heavy atom. The predicted molar refractivity (Wildman–Crippen MR) is 240 cm³/mol. The summed E-state index contributed by atoms with van der Waals surface area (Å²) in [5.74, 6) is 0.973. The van der Waals surface area contributed by atoms with Crippen molar-refractivity contribution in [2.24, 2.45) is 5.92 Å². The third-order valence-electron chi connectivity index (χ3n) is 12.4. The van der Waals surface area contributed by atoms with Gasteiger partial charge in [0.25, 0.3) is 0 Å².